The molecule has 1 aromatic carbocycles. The molecule has 126 valence electrons. The normalized spacial score (nSPS) is 16.6. The fourth-order valence-electron chi connectivity index (χ4n) is 2.70. The van der Waals surface area contributed by atoms with E-state index < -0.39 is 0 Å². The molecule has 0 aromatic heterocycles. The summed E-state index contributed by atoms with van der Waals surface area (Å²) >= 11 is 6.00. The van der Waals surface area contributed by atoms with Crippen LogP contribution in [0.5, 0.6) is 0 Å². The molecule has 2 heteroatoms. The van der Waals surface area contributed by atoms with Crippen LogP contribution in [0.1, 0.15) is 63.9 Å². The molecule has 1 saturated carbocycles. The second kappa shape index (κ2) is 11.1. The van der Waals surface area contributed by atoms with Gasteiger partial charge in [0.1, 0.15) is 5.76 Å². The third-order valence-corrected chi connectivity index (χ3v) is 4.40. The van der Waals surface area contributed by atoms with Crippen molar-refractivity contribution in [2.45, 2.75) is 58.3 Å². The molecule has 0 radical (unpaired) electrons. The lowest BCUT2D eigenvalue weighted by Gasteiger charge is -2.14. The van der Waals surface area contributed by atoms with Crippen molar-refractivity contribution >= 4 is 11.6 Å². The van der Waals surface area contributed by atoms with Gasteiger partial charge in [0.2, 0.25) is 0 Å². The Morgan fingerprint density at radius 1 is 1.17 bits per heavy atom. The SMILES string of the molecule is C=C(O)/C=C\C(C)=C/C.Clc1cccc(C2CCCCCC2)c1. The van der Waals surface area contributed by atoms with Crippen LogP contribution in [0.15, 0.2) is 60.4 Å². The van der Waals surface area contributed by atoms with Crippen molar-refractivity contribution in [2.24, 2.45) is 0 Å². The van der Waals surface area contributed by atoms with E-state index in [1.54, 1.807) is 6.08 Å². The molecule has 0 saturated heterocycles. The van der Waals surface area contributed by atoms with E-state index in [4.69, 9.17) is 16.7 Å². The number of aliphatic hydroxyl groups is 1. The zero-order chi connectivity index (χ0) is 17.1. The molecule has 2 rings (SSSR count). The van der Waals surface area contributed by atoms with E-state index in [1.165, 1.54) is 44.1 Å². The molecular weight excluding hydrogens is 304 g/mol. The van der Waals surface area contributed by atoms with Crippen LogP contribution in [-0.2, 0) is 0 Å². The van der Waals surface area contributed by atoms with Crippen molar-refractivity contribution in [3.63, 3.8) is 0 Å². The molecule has 1 N–H and O–H groups in total. The maximum absolute atomic E-state index is 8.59. The molecule has 0 atom stereocenters. The number of rotatable bonds is 3. The molecule has 1 nitrogen and oxygen atoms in total. The number of halogens is 1. The maximum atomic E-state index is 8.59. The minimum absolute atomic E-state index is 0.0937. The molecule has 0 unspecified atom stereocenters. The predicted molar refractivity (Wildman–Crippen MR) is 102 cm³/mol. The minimum Gasteiger partial charge on any atom is -0.509 e. The summed E-state index contributed by atoms with van der Waals surface area (Å²) in [6.07, 6.45) is 13.6. The van der Waals surface area contributed by atoms with Gasteiger partial charge in [-0.3, -0.25) is 0 Å². The number of allylic oxidation sites excluding steroid dienone is 4. The standard InChI is InChI=1S/C13H17Cl.C8H12O/c14-13-9-5-8-12(10-13)11-6-3-1-2-4-7-11;1-4-7(2)5-6-8(3)9/h5,8-11H,1-4,6-7H2;4-6,9H,3H2,1-2H3/b;6-5-,7-4-. The largest absolute Gasteiger partial charge is 0.509 e. The summed E-state index contributed by atoms with van der Waals surface area (Å²) in [6.45, 7) is 7.20. The maximum Gasteiger partial charge on any atom is 0.108 e. The van der Waals surface area contributed by atoms with E-state index in [1.807, 2.05) is 32.1 Å². The zero-order valence-corrected chi connectivity index (χ0v) is 15.1. The van der Waals surface area contributed by atoms with Crippen LogP contribution in [0.25, 0.3) is 0 Å². The molecule has 1 aromatic rings. The lowest BCUT2D eigenvalue weighted by molar-refractivity contribution is 0.435. The number of hydrogen-bond acceptors (Lipinski definition) is 1. The lowest BCUT2D eigenvalue weighted by Crippen LogP contribution is -1.96. The molecule has 1 aliphatic rings. The monoisotopic (exact) mass is 332 g/mol. The Bertz CT molecular complexity index is 535. The van der Waals surface area contributed by atoms with Gasteiger partial charge >= 0.3 is 0 Å². The second-order valence-corrected chi connectivity index (χ2v) is 6.54. The van der Waals surface area contributed by atoms with E-state index >= 15 is 0 Å². The first-order valence-corrected chi connectivity index (χ1v) is 8.85. The number of hydrogen-bond donors (Lipinski definition) is 1. The topological polar surface area (TPSA) is 20.2 Å². The number of benzene rings is 1. The fourth-order valence-corrected chi connectivity index (χ4v) is 2.90. The Morgan fingerprint density at radius 3 is 2.35 bits per heavy atom. The Hall–Kier alpha value is -1.47. The first kappa shape index (κ1) is 19.6. The molecule has 0 bridgehead atoms. The van der Waals surface area contributed by atoms with Crippen molar-refractivity contribution in [3.05, 3.63) is 71.0 Å². The van der Waals surface area contributed by atoms with E-state index in [2.05, 4.69) is 24.8 Å². The van der Waals surface area contributed by atoms with Gasteiger partial charge in [-0.25, -0.2) is 0 Å². The van der Waals surface area contributed by atoms with E-state index in [0.29, 0.717) is 0 Å². The average Bonchev–Trinajstić information content (AvgIpc) is 2.82. The summed E-state index contributed by atoms with van der Waals surface area (Å²) in [5, 5.41) is 9.47. The number of aliphatic hydroxyl groups excluding tert-OH is 1. The van der Waals surface area contributed by atoms with Gasteiger partial charge in [-0.05, 0) is 56.4 Å². The molecule has 0 amide bonds. The highest BCUT2D eigenvalue weighted by molar-refractivity contribution is 6.30. The van der Waals surface area contributed by atoms with Crippen LogP contribution in [0.2, 0.25) is 5.02 Å². The third-order valence-electron chi connectivity index (χ3n) is 4.17. The van der Waals surface area contributed by atoms with Crippen LogP contribution in [0.4, 0.5) is 0 Å². The Labute approximate surface area is 146 Å². The first-order chi connectivity index (χ1) is 11.0. The Balaban J connectivity index is 0.000000257. The highest BCUT2D eigenvalue weighted by Gasteiger charge is 2.13. The van der Waals surface area contributed by atoms with Crippen LogP contribution in [-0.4, -0.2) is 5.11 Å². The summed E-state index contributed by atoms with van der Waals surface area (Å²) < 4.78 is 0. The summed E-state index contributed by atoms with van der Waals surface area (Å²) in [5.41, 5.74) is 2.56. The predicted octanol–water partition coefficient (Wildman–Crippen LogP) is 7.36. The van der Waals surface area contributed by atoms with Gasteiger partial charge in [-0.2, -0.15) is 0 Å². The molecule has 0 spiro atoms. The summed E-state index contributed by atoms with van der Waals surface area (Å²) in [6, 6.07) is 8.39. The Kier molecular flexibility index (Phi) is 9.47. The highest BCUT2D eigenvalue weighted by Crippen LogP contribution is 2.32. The van der Waals surface area contributed by atoms with Crippen LogP contribution >= 0.6 is 11.6 Å². The van der Waals surface area contributed by atoms with Crippen LogP contribution in [0.3, 0.4) is 0 Å². The summed E-state index contributed by atoms with van der Waals surface area (Å²) in [7, 11) is 0. The molecule has 0 aliphatic heterocycles. The van der Waals surface area contributed by atoms with E-state index in [0.717, 1.165) is 16.5 Å². The van der Waals surface area contributed by atoms with Gasteiger partial charge in [0, 0.05) is 5.02 Å². The second-order valence-electron chi connectivity index (χ2n) is 6.10. The highest BCUT2D eigenvalue weighted by atomic mass is 35.5. The fraction of sp³-hybridized carbons (Fsp3) is 0.429. The molecule has 0 heterocycles. The van der Waals surface area contributed by atoms with Crippen molar-refractivity contribution in [1.29, 1.82) is 0 Å². The first-order valence-electron chi connectivity index (χ1n) is 8.47. The van der Waals surface area contributed by atoms with Gasteiger partial charge in [0.15, 0.2) is 0 Å². The van der Waals surface area contributed by atoms with Gasteiger partial charge in [0.05, 0.1) is 0 Å². The molecule has 23 heavy (non-hydrogen) atoms. The zero-order valence-electron chi connectivity index (χ0n) is 14.4. The smallest absolute Gasteiger partial charge is 0.108 e. The summed E-state index contributed by atoms with van der Waals surface area (Å²) in [4.78, 5) is 0. The lowest BCUT2D eigenvalue weighted by atomic mass is 9.92. The van der Waals surface area contributed by atoms with Crippen molar-refractivity contribution in [2.75, 3.05) is 0 Å². The van der Waals surface area contributed by atoms with Crippen molar-refractivity contribution in [3.8, 4) is 0 Å². The van der Waals surface area contributed by atoms with Crippen molar-refractivity contribution < 1.29 is 5.11 Å². The van der Waals surface area contributed by atoms with Gasteiger partial charge < -0.3 is 5.11 Å². The van der Waals surface area contributed by atoms with Gasteiger partial charge in [-0.1, -0.05) is 73.7 Å². The quantitative estimate of drug-likeness (QED) is 0.348. The van der Waals surface area contributed by atoms with E-state index in [-0.39, 0.29) is 5.76 Å². The average molecular weight is 333 g/mol. The van der Waals surface area contributed by atoms with Gasteiger partial charge in [0.25, 0.3) is 0 Å². The molecule has 1 aliphatic carbocycles. The molecule has 1 fully saturated rings. The van der Waals surface area contributed by atoms with E-state index in [9.17, 15) is 0 Å². The minimum atomic E-state index is 0.0937. The Morgan fingerprint density at radius 2 is 1.83 bits per heavy atom. The summed E-state index contributed by atoms with van der Waals surface area (Å²) in [5.74, 6) is 0.854. The van der Waals surface area contributed by atoms with Crippen LogP contribution < -0.4 is 0 Å². The van der Waals surface area contributed by atoms with Crippen molar-refractivity contribution in [1.82, 2.24) is 0 Å². The third kappa shape index (κ3) is 8.66. The molecular formula is C21H29ClO. The van der Waals surface area contributed by atoms with Crippen LogP contribution in [0, 0.1) is 0 Å². The van der Waals surface area contributed by atoms with Gasteiger partial charge in [-0.15, -0.1) is 0 Å².